The summed E-state index contributed by atoms with van der Waals surface area (Å²) in [5, 5.41) is 1.97. The van der Waals surface area contributed by atoms with E-state index in [9.17, 15) is 0 Å². The predicted molar refractivity (Wildman–Crippen MR) is 77.3 cm³/mol. The van der Waals surface area contributed by atoms with Gasteiger partial charge in [-0.15, -0.1) is 22.9 Å². The van der Waals surface area contributed by atoms with Crippen LogP contribution in [0.3, 0.4) is 0 Å². The largest absolute Gasteiger partial charge is 0.496 e. The van der Waals surface area contributed by atoms with Crippen LogP contribution in [0.5, 0.6) is 5.75 Å². The maximum atomic E-state index is 6.42. The van der Waals surface area contributed by atoms with Crippen molar-refractivity contribution in [3.63, 3.8) is 0 Å². The lowest BCUT2D eigenvalue weighted by atomic mass is 10.1. The summed E-state index contributed by atoms with van der Waals surface area (Å²) in [6, 6.07) is 10.2. The third-order valence-electron chi connectivity index (χ3n) is 2.49. The summed E-state index contributed by atoms with van der Waals surface area (Å²) in [7, 11) is 1.68. The summed E-state index contributed by atoms with van der Waals surface area (Å²) < 4.78 is 6.37. The van der Waals surface area contributed by atoms with Crippen LogP contribution in [0.25, 0.3) is 0 Å². The Hall–Kier alpha value is -0.510. The van der Waals surface area contributed by atoms with E-state index in [-0.39, 0.29) is 5.38 Å². The second kappa shape index (κ2) is 5.89. The summed E-state index contributed by atoms with van der Waals surface area (Å²) in [6.45, 7) is 0. The van der Waals surface area contributed by atoms with E-state index in [4.69, 9.17) is 16.3 Å². The fourth-order valence-electron chi connectivity index (χ4n) is 1.63. The first-order chi connectivity index (χ1) is 8.20. The van der Waals surface area contributed by atoms with Crippen LogP contribution in [0.1, 0.15) is 15.8 Å². The highest BCUT2D eigenvalue weighted by molar-refractivity contribution is 9.10. The molecule has 0 radical (unpaired) electrons. The fraction of sp³-hybridized carbons (Fsp3) is 0.231. The van der Waals surface area contributed by atoms with Gasteiger partial charge in [0.15, 0.2) is 0 Å². The van der Waals surface area contributed by atoms with Crippen LogP contribution in [-0.4, -0.2) is 7.11 Å². The first-order valence-electron chi connectivity index (χ1n) is 5.20. The van der Waals surface area contributed by atoms with Crippen LogP contribution < -0.4 is 4.74 Å². The number of ether oxygens (including phenoxy) is 1. The van der Waals surface area contributed by atoms with Crippen LogP contribution in [0.4, 0.5) is 0 Å². The monoisotopic (exact) mass is 330 g/mol. The molecule has 1 atom stereocenters. The summed E-state index contributed by atoms with van der Waals surface area (Å²) in [5.41, 5.74) is 1.23. The minimum absolute atomic E-state index is 0.0360. The Bertz CT molecular complexity index is 480. The second-order valence-electron chi connectivity index (χ2n) is 3.65. The molecule has 2 aromatic rings. The lowest BCUT2D eigenvalue weighted by Crippen LogP contribution is -1.95. The average molecular weight is 332 g/mol. The lowest BCUT2D eigenvalue weighted by Gasteiger charge is -2.10. The number of alkyl halides is 1. The molecule has 1 unspecified atom stereocenters. The molecular weight excluding hydrogens is 320 g/mol. The molecular formula is C13H12BrClOS. The molecule has 90 valence electrons. The zero-order valence-corrected chi connectivity index (χ0v) is 12.5. The number of thiophene rings is 1. The molecule has 1 aromatic heterocycles. The van der Waals surface area contributed by atoms with Crippen molar-refractivity contribution < 1.29 is 4.74 Å². The molecule has 2 rings (SSSR count). The molecule has 0 amide bonds. The molecule has 0 spiro atoms. The van der Waals surface area contributed by atoms with Gasteiger partial charge in [0.25, 0.3) is 0 Å². The molecule has 1 heterocycles. The van der Waals surface area contributed by atoms with E-state index in [2.05, 4.69) is 28.1 Å². The molecule has 1 aromatic carbocycles. The van der Waals surface area contributed by atoms with Gasteiger partial charge in [-0.2, -0.15) is 0 Å². The van der Waals surface area contributed by atoms with E-state index >= 15 is 0 Å². The van der Waals surface area contributed by atoms with E-state index < -0.39 is 0 Å². The summed E-state index contributed by atoms with van der Waals surface area (Å²) in [5.74, 6) is 0.882. The first-order valence-corrected chi connectivity index (χ1v) is 7.31. The van der Waals surface area contributed by atoms with Crippen LogP contribution >= 0.6 is 38.9 Å². The highest BCUT2D eigenvalue weighted by Gasteiger charge is 2.15. The van der Waals surface area contributed by atoms with Crippen LogP contribution in [0.2, 0.25) is 0 Å². The van der Waals surface area contributed by atoms with Gasteiger partial charge in [-0.05, 0) is 35.6 Å². The van der Waals surface area contributed by atoms with E-state index in [0.29, 0.717) is 0 Å². The number of rotatable bonds is 4. The lowest BCUT2D eigenvalue weighted by molar-refractivity contribution is 0.412. The van der Waals surface area contributed by atoms with Crippen molar-refractivity contribution in [2.45, 2.75) is 11.8 Å². The molecule has 0 N–H and O–H groups in total. The van der Waals surface area contributed by atoms with Crippen molar-refractivity contribution in [2.24, 2.45) is 0 Å². The average Bonchev–Trinajstić information content (AvgIpc) is 2.80. The Kier molecular flexibility index (Phi) is 4.48. The van der Waals surface area contributed by atoms with E-state index in [0.717, 1.165) is 21.5 Å². The topological polar surface area (TPSA) is 9.23 Å². The van der Waals surface area contributed by atoms with Gasteiger partial charge in [-0.3, -0.25) is 0 Å². The Labute approximate surface area is 119 Å². The molecule has 0 saturated heterocycles. The van der Waals surface area contributed by atoms with Gasteiger partial charge in [0.05, 0.1) is 17.4 Å². The third kappa shape index (κ3) is 3.24. The summed E-state index contributed by atoms with van der Waals surface area (Å²) in [6.07, 6.45) is 0.811. The fourth-order valence-corrected chi connectivity index (χ4v) is 3.17. The van der Waals surface area contributed by atoms with Crippen LogP contribution in [0, 0.1) is 0 Å². The van der Waals surface area contributed by atoms with Gasteiger partial charge in [0.2, 0.25) is 0 Å². The van der Waals surface area contributed by atoms with Crippen molar-refractivity contribution >= 4 is 38.9 Å². The molecule has 0 aliphatic heterocycles. The number of hydrogen-bond donors (Lipinski definition) is 0. The zero-order valence-electron chi connectivity index (χ0n) is 9.32. The highest BCUT2D eigenvalue weighted by atomic mass is 79.9. The van der Waals surface area contributed by atoms with Crippen molar-refractivity contribution in [3.8, 4) is 5.75 Å². The second-order valence-corrected chi connectivity index (χ2v) is 6.04. The molecule has 0 bridgehead atoms. The molecule has 0 aliphatic rings. The molecule has 4 heteroatoms. The van der Waals surface area contributed by atoms with Crippen molar-refractivity contribution in [1.29, 1.82) is 0 Å². The minimum Gasteiger partial charge on any atom is -0.496 e. The Morgan fingerprint density at radius 3 is 2.65 bits per heavy atom. The summed E-state index contributed by atoms with van der Waals surface area (Å²) >= 11 is 11.5. The van der Waals surface area contributed by atoms with Gasteiger partial charge < -0.3 is 4.74 Å². The van der Waals surface area contributed by atoms with E-state index in [1.807, 2.05) is 23.6 Å². The van der Waals surface area contributed by atoms with Crippen LogP contribution in [-0.2, 0) is 6.42 Å². The molecule has 0 saturated carbocycles. The van der Waals surface area contributed by atoms with Crippen molar-refractivity contribution in [2.75, 3.05) is 7.11 Å². The SMILES string of the molecule is COc1ccsc1C(Cl)Cc1ccc(Br)cc1. The van der Waals surface area contributed by atoms with Gasteiger partial charge >= 0.3 is 0 Å². The molecule has 17 heavy (non-hydrogen) atoms. The van der Waals surface area contributed by atoms with Gasteiger partial charge in [-0.25, -0.2) is 0 Å². The third-order valence-corrected chi connectivity index (χ3v) is 4.53. The number of benzene rings is 1. The predicted octanol–water partition coefficient (Wildman–Crippen LogP) is 5.04. The smallest absolute Gasteiger partial charge is 0.134 e. The summed E-state index contributed by atoms with van der Waals surface area (Å²) in [4.78, 5) is 1.09. The number of methoxy groups -OCH3 is 1. The van der Waals surface area contributed by atoms with Gasteiger partial charge in [-0.1, -0.05) is 28.1 Å². The number of halogens is 2. The molecule has 0 fully saturated rings. The maximum absolute atomic E-state index is 6.42. The van der Waals surface area contributed by atoms with Crippen molar-refractivity contribution in [3.05, 3.63) is 50.6 Å². The minimum atomic E-state index is -0.0360. The number of hydrogen-bond acceptors (Lipinski definition) is 2. The van der Waals surface area contributed by atoms with Crippen molar-refractivity contribution in [1.82, 2.24) is 0 Å². The van der Waals surface area contributed by atoms with Gasteiger partial charge in [0, 0.05) is 4.47 Å². The van der Waals surface area contributed by atoms with Crippen LogP contribution in [0.15, 0.2) is 40.2 Å². The quantitative estimate of drug-likeness (QED) is 0.713. The highest BCUT2D eigenvalue weighted by Crippen LogP contribution is 2.36. The zero-order chi connectivity index (χ0) is 12.3. The maximum Gasteiger partial charge on any atom is 0.134 e. The van der Waals surface area contributed by atoms with Gasteiger partial charge in [0.1, 0.15) is 5.75 Å². The molecule has 0 aliphatic carbocycles. The van der Waals surface area contributed by atoms with E-state index in [1.165, 1.54) is 5.56 Å². The Morgan fingerprint density at radius 1 is 1.29 bits per heavy atom. The molecule has 1 nitrogen and oxygen atoms in total. The van der Waals surface area contributed by atoms with E-state index in [1.54, 1.807) is 18.4 Å². The Balaban J connectivity index is 2.11. The normalized spacial score (nSPS) is 12.4. The Morgan fingerprint density at radius 2 is 2.00 bits per heavy atom. The first kappa shape index (κ1) is 12.9. The standard InChI is InChI=1S/C13H12BrClOS/c1-16-12-6-7-17-13(12)11(15)8-9-2-4-10(14)5-3-9/h2-7,11H,8H2,1H3.